The predicted molar refractivity (Wildman–Crippen MR) is 81.8 cm³/mol. The summed E-state index contributed by atoms with van der Waals surface area (Å²) in [6, 6.07) is 9.30. The zero-order valence-corrected chi connectivity index (χ0v) is 12.4. The molecule has 0 aromatic heterocycles. The van der Waals surface area contributed by atoms with E-state index in [4.69, 9.17) is 10.5 Å². The summed E-state index contributed by atoms with van der Waals surface area (Å²) in [4.78, 5) is 2.56. The fourth-order valence-corrected chi connectivity index (χ4v) is 3.57. The molecule has 2 aliphatic rings. The highest BCUT2D eigenvalue weighted by Crippen LogP contribution is 2.44. The van der Waals surface area contributed by atoms with Crippen molar-refractivity contribution >= 4 is 0 Å². The minimum absolute atomic E-state index is 0.383. The molecule has 2 N–H and O–H groups in total. The van der Waals surface area contributed by atoms with E-state index in [-0.39, 0.29) is 0 Å². The van der Waals surface area contributed by atoms with Gasteiger partial charge >= 0.3 is 0 Å². The van der Waals surface area contributed by atoms with Gasteiger partial charge in [-0.25, -0.2) is 0 Å². The highest BCUT2D eigenvalue weighted by atomic mass is 16.5. The second-order valence-electron chi connectivity index (χ2n) is 6.26. The summed E-state index contributed by atoms with van der Waals surface area (Å²) >= 11 is 0. The number of likely N-dealkylation sites (tertiary alicyclic amines) is 1. The second kappa shape index (κ2) is 6.25. The first kappa shape index (κ1) is 14.1. The fraction of sp³-hybridized carbons (Fsp3) is 0.647. The van der Waals surface area contributed by atoms with Crippen LogP contribution in [0.4, 0.5) is 0 Å². The Labute approximate surface area is 122 Å². The molecule has 2 fully saturated rings. The number of hydrogen-bond acceptors (Lipinski definition) is 3. The monoisotopic (exact) mass is 274 g/mol. The summed E-state index contributed by atoms with van der Waals surface area (Å²) in [6.45, 7) is 3.85. The van der Waals surface area contributed by atoms with Gasteiger partial charge < -0.3 is 10.5 Å². The largest absolute Gasteiger partial charge is 0.384 e. The molecule has 1 heterocycles. The van der Waals surface area contributed by atoms with Crippen LogP contribution in [0.3, 0.4) is 0 Å². The van der Waals surface area contributed by atoms with Crippen molar-refractivity contribution in [2.24, 2.45) is 11.7 Å². The van der Waals surface area contributed by atoms with E-state index in [1.807, 2.05) is 0 Å². The minimum Gasteiger partial charge on any atom is -0.384 e. The first-order chi connectivity index (χ1) is 9.83. The molecule has 110 valence electrons. The minimum atomic E-state index is 0.383. The number of benzene rings is 1. The molecule has 0 radical (unpaired) electrons. The predicted octanol–water partition coefficient (Wildman–Crippen LogP) is 2.53. The third-order valence-corrected chi connectivity index (χ3v) is 4.76. The van der Waals surface area contributed by atoms with Crippen molar-refractivity contribution in [2.45, 2.75) is 31.2 Å². The average molecular weight is 274 g/mol. The number of hydrogen-bond donors (Lipinski definition) is 1. The molecule has 1 aliphatic heterocycles. The van der Waals surface area contributed by atoms with Gasteiger partial charge in [-0.2, -0.15) is 0 Å². The van der Waals surface area contributed by atoms with Gasteiger partial charge in [0.05, 0.1) is 6.61 Å². The summed E-state index contributed by atoms with van der Waals surface area (Å²) in [6.07, 6.45) is 3.93. The molecule has 0 spiro atoms. The molecule has 3 heteroatoms. The lowest BCUT2D eigenvalue weighted by Gasteiger charge is -2.29. The van der Waals surface area contributed by atoms with Crippen LogP contribution in [0.1, 0.15) is 42.3 Å². The molecule has 1 saturated heterocycles. The normalized spacial score (nSPS) is 25.0. The summed E-state index contributed by atoms with van der Waals surface area (Å²) in [5.74, 6) is 1.46. The number of nitrogens with zero attached hydrogens (tertiary/aromatic N) is 1. The fourth-order valence-electron chi connectivity index (χ4n) is 3.57. The number of ether oxygens (including phenoxy) is 1. The topological polar surface area (TPSA) is 38.5 Å². The standard InChI is InChI=1S/C17H26N2O/c1-20-12-13-8-9-19(11-13)17(10-18)16-5-3-2-4-15(16)14-6-7-14/h2-5,13-14,17H,6-12,18H2,1H3. The van der Waals surface area contributed by atoms with Crippen molar-refractivity contribution in [1.82, 2.24) is 4.90 Å². The average Bonchev–Trinajstić information content (AvgIpc) is 3.22. The summed E-state index contributed by atoms with van der Waals surface area (Å²) in [7, 11) is 1.80. The third kappa shape index (κ3) is 2.90. The zero-order valence-electron chi connectivity index (χ0n) is 12.4. The van der Waals surface area contributed by atoms with Gasteiger partial charge in [0.1, 0.15) is 0 Å². The molecule has 2 unspecified atom stereocenters. The smallest absolute Gasteiger partial charge is 0.0503 e. The molecule has 1 saturated carbocycles. The molecule has 0 bridgehead atoms. The van der Waals surface area contributed by atoms with E-state index in [2.05, 4.69) is 29.2 Å². The Morgan fingerprint density at radius 2 is 2.10 bits per heavy atom. The number of nitrogens with two attached hydrogens (primary N) is 1. The molecule has 1 aromatic carbocycles. The van der Waals surface area contributed by atoms with E-state index < -0.39 is 0 Å². The van der Waals surface area contributed by atoms with Crippen LogP contribution in [0.15, 0.2) is 24.3 Å². The second-order valence-corrected chi connectivity index (χ2v) is 6.26. The maximum Gasteiger partial charge on any atom is 0.0503 e. The van der Waals surface area contributed by atoms with Gasteiger partial charge in [-0.3, -0.25) is 4.90 Å². The maximum absolute atomic E-state index is 6.12. The van der Waals surface area contributed by atoms with Crippen LogP contribution in [0.5, 0.6) is 0 Å². The van der Waals surface area contributed by atoms with Crippen LogP contribution in [0.25, 0.3) is 0 Å². The Balaban J connectivity index is 1.77. The highest BCUT2D eigenvalue weighted by Gasteiger charge is 2.32. The lowest BCUT2D eigenvalue weighted by molar-refractivity contribution is 0.147. The Morgan fingerprint density at radius 1 is 1.30 bits per heavy atom. The van der Waals surface area contributed by atoms with Crippen LogP contribution in [0.2, 0.25) is 0 Å². The Kier molecular flexibility index (Phi) is 4.39. The Hall–Kier alpha value is -0.900. The van der Waals surface area contributed by atoms with Gasteiger partial charge in [-0.15, -0.1) is 0 Å². The van der Waals surface area contributed by atoms with Crippen LogP contribution in [-0.4, -0.2) is 38.3 Å². The van der Waals surface area contributed by atoms with Crippen molar-refractivity contribution in [2.75, 3.05) is 33.4 Å². The summed E-state index contributed by atoms with van der Waals surface area (Å²) in [5, 5.41) is 0. The van der Waals surface area contributed by atoms with Gasteiger partial charge in [-0.1, -0.05) is 24.3 Å². The van der Waals surface area contributed by atoms with E-state index in [1.54, 1.807) is 7.11 Å². The first-order valence-electron chi connectivity index (χ1n) is 7.85. The quantitative estimate of drug-likeness (QED) is 0.866. The van der Waals surface area contributed by atoms with E-state index in [9.17, 15) is 0 Å². The maximum atomic E-state index is 6.12. The molecule has 2 atom stereocenters. The van der Waals surface area contributed by atoms with E-state index in [1.165, 1.54) is 30.4 Å². The lowest BCUT2D eigenvalue weighted by Crippen LogP contribution is -2.33. The SMILES string of the molecule is COCC1CCN(C(CN)c2ccccc2C2CC2)C1. The summed E-state index contributed by atoms with van der Waals surface area (Å²) in [5.41, 5.74) is 9.13. The zero-order chi connectivity index (χ0) is 13.9. The van der Waals surface area contributed by atoms with Gasteiger partial charge in [-0.05, 0) is 48.8 Å². The molecule has 0 amide bonds. The number of methoxy groups -OCH3 is 1. The van der Waals surface area contributed by atoms with E-state index in [0.717, 1.165) is 25.6 Å². The van der Waals surface area contributed by atoms with Crippen molar-refractivity contribution < 1.29 is 4.74 Å². The molecule has 1 aromatic rings. The molecular formula is C17H26N2O. The Bertz CT molecular complexity index is 444. The van der Waals surface area contributed by atoms with Crippen LogP contribution in [-0.2, 0) is 4.74 Å². The van der Waals surface area contributed by atoms with Crippen molar-refractivity contribution in [3.05, 3.63) is 35.4 Å². The highest BCUT2D eigenvalue weighted by molar-refractivity contribution is 5.36. The molecule has 3 rings (SSSR count). The van der Waals surface area contributed by atoms with Crippen molar-refractivity contribution in [3.8, 4) is 0 Å². The van der Waals surface area contributed by atoms with Crippen molar-refractivity contribution in [3.63, 3.8) is 0 Å². The first-order valence-corrected chi connectivity index (χ1v) is 7.85. The number of rotatable bonds is 6. The van der Waals surface area contributed by atoms with Gasteiger partial charge in [0.2, 0.25) is 0 Å². The molecule has 20 heavy (non-hydrogen) atoms. The molecule has 3 nitrogen and oxygen atoms in total. The van der Waals surface area contributed by atoms with Gasteiger partial charge in [0.25, 0.3) is 0 Å². The van der Waals surface area contributed by atoms with Crippen LogP contribution < -0.4 is 5.73 Å². The molecule has 1 aliphatic carbocycles. The third-order valence-electron chi connectivity index (χ3n) is 4.76. The van der Waals surface area contributed by atoms with Gasteiger partial charge in [0.15, 0.2) is 0 Å². The Morgan fingerprint density at radius 3 is 2.80 bits per heavy atom. The van der Waals surface area contributed by atoms with E-state index in [0.29, 0.717) is 18.5 Å². The van der Waals surface area contributed by atoms with Crippen LogP contribution in [0, 0.1) is 5.92 Å². The summed E-state index contributed by atoms with van der Waals surface area (Å²) < 4.78 is 5.31. The van der Waals surface area contributed by atoms with Crippen molar-refractivity contribution in [1.29, 1.82) is 0 Å². The van der Waals surface area contributed by atoms with Crippen LogP contribution >= 0.6 is 0 Å². The van der Waals surface area contributed by atoms with Gasteiger partial charge in [0, 0.05) is 26.2 Å². The molecular weight excluding hydrogens is 248 g/mol. The van der Waals surface area contributed by atoms with E-state index >= 15 is 0 Å². The lowest BCUT2D eigenvalue weighted by atomic mass is 9.96.